The Balaban J connectivity index is 1.76. The number of nitrogens with zero attached hydrogens (tertiary/aromatic N) is 3. The van der Waals surface area contributed by atoms with E-state index in [2.05, 4.69) is 41.7 Å². The van der Waals surface area contributed by atoms with E-state index in [0.717, 1.165) is 22.3 Å². The first-order valence-electron chi connectivity index (χ1n) is 6.54. The van der Waals surface area contributed by atoms with Gasteiger partial charge in [-0.15, -0.1) is 5.10 Å². The van der Waals surface area contributed by atoms with Crippen molar-refractivity contribution in [1.29, 1.82) is 0 Å². The minimum absolute atomic E-state index is 0.165. The zero-order valence-electron chi connectivity index (χ0n) is 11.6. The first kappa shape index (κ1) is 15.3. The highest BCUT2D eigenvalue weighted by molar-refractivity contribution is 9.10. The predicted molar refractivity (Wildman–Crippen MR) is 86.9 cm³/mol. The van der Waals surface area contributed by atoms with Gasteiger partial charge in [0.05, 0.1) is 6.20 Å². The number of aromatic nitrogens is 3. The molecule has 0 aliphatic rings. The second kappa shape index (κ2) is 6.66. The van der Waals surface area contributed by atoms with Crippen LogP contribution in [0.4, 0.5) is 31.9 Å². The van der Waals surface area contributed by atoms with E-state index in [4.69, 9.17) is 0 Å². The molecule has 0 aliphatic carbocycles. The molecule has 0 amide bonds. The number of halogens is 3. The fourth-order valence-corrected chi connectivity index (χ4v) is 2.07. The van der Waals surface area contributed by atoms with E-state index >= 15 is 0 Å². The molecule has 2 aromatic carbocycles. The standard InChI is InChI=1S/C15H10BrF2N5/c16-9-1-3-10(4-2-9)20-14-8-19-23-15(22-14)21-11-5-6-12(17)13(18)7-11/h1-8H,(H2,20,21,22,23). The van der Waals surface area contributed by atoms with Crippen molar-refractivity contribution < 1.29 is 8.78 Å². The Bertz CT molecular complexity index is 826. The van der Waals surface area contributed by atoms with Gasteiger partial charge >= 0.3 is 0 Å². The molecule has 8 heteroatoms. The average Bonchev–Trinajstić information content (AvgIpc) is 2.54. The van der Waals surface area contributed by atoms with Crippen LogP contribution in [0.2, 0.25) is 0 Å². The van der Waals surface area contributed by atoms with E-state index in [1.54, 1.807) is 0 Å². The highest BCUT2D eigenvalue weighted by atomic mass is 79.9. The first-order chi connectivity index (χ1) is 11.1. The van der Waals surface area contributed by atoms with Crippen molar-refractivity contribution in [2.45, 2.75) is 0 Å². The molecule has 23 heavy (non-hydrogen) atoms. The van der Waals surface area contributed by atoms with Crippen molar-refractivity contribution in [3.8, 4) is 0 Å². The van der Waals surface area contributed by atoms with Crippen LogP contribution in [0.25, 0.3) is 0 Å². The van der Waals surface area contributed by atoms with Gasteiger partial charge in [0.2, 0.25) is 5.95 Å². The third-order valence-corrected chi connectivity index (χ3v) is 3.38. The van der Waals surface area contributed by atoms with E-state index in [9.17, 15) is 8.78 Å². The van der Waals surface area contributed by atoms with E-state index in [0.29, 0.717) is 11.5 Å². The molecule has 3 rings (SSSR count). The Hall–Kier alpha value is -2.61. The highest BCUT2D eigenvalue weighted by Crippen LogP contribution is 2.20. The van der Waals surface area contributed by atoms with Gasteiger partial charge in [0.15, 0.2) is 17.5 Å². The Labute approximate surface area is 138 Å². The monoisotopic (exact) mass is 377 g/mol. The molecule has 1 aromatic heterocycles. The normalized spacial score (nSPS) is 10.4. The third kappa shape index (κ3) is 3.98. The minimum Gasteiger partial charge on any atom is -0.339 e. The summed E-state index contributed by atoms with van der Waals surface area (Å²) < 4.78 is 27.1. The van der Waals surface area contributed by atoms with Gasteiger partial charge in [-0.1, -0.05) is 15.9 Å². The first-order valence-corrected chi connectivity index (χ1v) is 7.34. The van der Waals surface area contributed by atoms with Crippen LogP contribution in [0.15, 0.2) is 53.1 Å². The van der Waals surface area contributed by atoms with Gasteiger partial charge < -0.3 is 10.6 Å². The number of hydrogen-bond acceptors (Lipinski definition) is 5. The van der Waals surface area contributed by atoms with Crippen molar-refractivity contribution in [3.63, 3.8) is 0 Å². The summed E-state index contributed by atoms with van der Waals surface area (Å²) in [7, 11) is 0. The van der Waals surface area contributed by atoms with Gasteiger partial charge in [-0.2, -0.15) is 10.1 Å². The molecule has 3 aromatic rings. The van der Waals surface area contributed by atoms with Crippen LogP contribution in [0.5, 0.6) is 0 Å². The quantitative estimate of drug-likeness (QED) is 0.705. The van der Waals surface area contributed by atoms with Crippen LogP contribution < -0.4 is 10.6 Å². The van der Waals surface area contributed by atoms with Gasteiger partial charge in [0, 0.05) is 21.9 Å². The zero-order valence-corrected chi connectivity index (χ0v) is 13.2. The molecule has 5 nitrogen and oxygen atoms in total. The summed E-state index contributed by atoms with van der Waals surface area (Å²) in [6.07, 6.45) is 1.46. The molecular weight excluding hydrogens is 368 g/mol. The Kier molecular flexibility index (Phi) is 4.42. The van der Waals surface area contributed by atoms with Crippen molar-refractivity contribution in [2.24, 2.45) is 0 Å². The van der Waals surface area contributed by atoms with Gasteiger partial charge in [-0.3, -0.25) is 0 Å². The fraction of sp³-hybridized carbons (Fsp3) is 0. The molecular formula is C15H10BrF2N5. The smallest absolute Gasteiger partial charge is 0.249 e. The summed E-state index contributed by atoms with van der Waals surface area (Å²) >= 11 is 3.36. The SMILES string of the molecule is Fc1ccc(Nc2nncc(Nc3ccc(Br)cc3)n2)cc1F. The van der Waals surface area contributed by atoms with Gasteiger partial charge in [0.1, 0.15) is 0 Å². The van der Waals surface area contributed by atoms with Gasteiger partial charge in [-0.25, -0.2) is 8.78 Å². The lowest BCUT2D eigenvalue weighted by molar-refractivity contribution is 0.509. The molecule has 1 heterocycles. The van der Waals surface area contributed by atoms with E-state index in [1.165, 1.54) is 12.3 Å². The van der Waals surface area contributed by atoms with Crippen LogP contribution in [0.3, 0.4) is 0 Å². The lowest BCUT2D eigenvalue weighted by Gasteiger charge is -2.08. The molecule has 0 fully saturated rings. The van der Waals surface area contributed by atoms with Crippen molar-refractivity contribution in [2.75, 3.05) is 10.6 Å². The number of hydrogen-bond donors (Lipinski definition) is 2. The second-order valence-corrected chi connectivity index (χ2v) is 5.47. The van der Waals surface area contributed by atoms with Crippen LogP contribution >= 0.6 is 15.9 Å². The summed E-state index contributed by atoms with van der Waals surface area (Å²) in [4.78, 5) is 4.21. The second-order valence-electron chi connectivity index (χ2n) is 4.55. The number of nitrogens with one attached hydrogen (secondary N) is 2. The summed E-state index contributed by atoms with van der Waals surface area (Å²) in [6.45, 7) is 0. The highest BCUT2D eigenvalue weighted by Gasteiger charge is 2.05. The number of benzene rings is 2. The lowest BCUT2D eigenvalue weighted by Crippen LogP contribution is -2.02. The Morgan fingerprint density at radius 3 is 2.35 bits per heavy atom. The van der Waals surface area contributed by atoms with Crippen LogP contribution in [0.1, 0.15) is 0 Å². The molecule has 0 spiro atoms. The molecule has 0 saturated carbocycles. The lowest BCUT2D eigenvalue weighted by atomic mass is 10.3. The van der Waals surface area contributed by atoms with Crippen LogP contribution in [-0.2, 0) is 0 Å². The molecule has 0 saturated heterocycles. The fourth-order valence-electron chi connectivity index (χ4n) is 1.80. The molecule has 0 atom stereocenters. The average molecular weight is 378 g/mol. The molecule has 2 N–H and O–H groups in total. The Morgan fingerprint density at radius 2 is 1.61 bits per heavy atom. The van der Waals surface area contributed by atoms with Gasteiger partial charge in [-0.05, 0) is 36.4 Å². The third-order valence-electron chi connectivity index (χ3n) is 2.85. The summed E-state index contributed by atoms with van der Waals surface area (Å²) in [5.74, 6) is -1.24. The molecule has 0 bridgehead atoms. The molecule has 0 radical (unpaired) electrons. The van der Waals surface area contributed by atoms with Crippen molar-refractivity contribution in [3.05, 3.63) is 64.8 Å². The van der Waals surface area contributed by atoms with Crippen molar-refractivity contribution >= 4 is 39.1 Å². The topological polar surface area (TPSA) is 62.7 Å². The maximum absolute atomic E-state index is 13.2. The summed E-state index contributed by atoms with van der Waals surface area (Å²) in [6, 6.07) is 10.9. The maximum Gasteiger partial charge on any atom is 0.249 e. The largest absolute Gasteiger partial charge is 0.339 e. The van der Waals surface area contributed by atoms with Crippen molar-refractivity contribution in [1.82, 2.24) is 15.2 Å². The minimum atomic E-state index is -0.952. The van der Waals surface area contributed by atoms with Crippen LogP contribution in [-0.4, -0.2) is 15.2 Å². The molecule has 0 aliphatic heterocycles. The zero-order chi connectivity index (χ0) is 16.2. The predicted octanol–water partition coefficient (Wildman–Crippen LogP) is 4.40. The van der Waals surface area contributed by atoms with E-state index < -0.39 is 11.6 Å². The number of anilines is 4. The molecule has 116 valence electrons. The van der Waals surface area contributed by atoms with Gasteiger partial charge in [0.25, 0.3) is 0 Å². The Morgan fingerprint density at radius 1 is 0.870 bits per heavy atom. The van der Waals surface area contributed by atoms with E-state index in [-0.39, 0.29) is 5.95 Å². The maximum atomic E-state index is 13.2. The summed E-state index contributed by atoms with van der Waals surface area (Å²) in [5.41, 5.74) is 1.15. The summed E-state index contributed by atoms with van der Waals surface area (Å²) in [5, 5.41) is 13.5. The van der Waals surface area contributed by atoms with Crippen LogP contribution in [0, 0.1) is 11.6 Å². The van der Waals surface area contributed by atoms with E-state index in [1.807, 2.05) is 24.3 Å². The number of rotatable bonds is 4. The molecule has 0 unspecified atom stereocenters.